The molecule has 0 N–H and O–H groups in total. The average Bonchev–Trinajstić information content (AvgIpc) is 3.93. The molecule has 1 aliphatic rings. The van der Waals surface area contributed by atoms with E-state index in [2.05, 4.69) is 205 Å². The largest absolute Gasteiger partial charge is 0.309 e. The highest BCUT2D eigenvalue weighted by atomic mass is 32.1. The number of thiophene rings is 1. The summed E-state index contributed by atoms with van der Waals surface area (Å²) >= 11 is 1.87. The van der Waals surface area contributed by atoms with Crippen molar-refractivity contribution in [3.05, 3.63) is 200 Å². The third-order valence-corrected chi connectivity index (χ3v) is 17.9. The summed E-state index contributed by atoms with van der Waals surface area (Å²) in [5.74, 6) is 0.730. The minimum atomic E-state index is -2.83. The molecule has 57 heavy (non-hydrogen) atoms. The highest BCUT2D eigenvalue weighted by Gasteiger charge is 2.51. The van der Waals surface area contributed by atoms with Gasteiger partial charge in [-0.1, -0.05) is 152 Å². The summed E-state index contributed by atoms with van der Waals surface area (Å²) in [6, 6.07) is 72.9. The van der Waals surface area contributed by atoms with Crippen LogP contribution in [0.25, 0.3) is 81.6 Å². The molecule has 266 valence electrons. The van der Waals surface area contributed by atoms with Crippen molar-refractivity contribution < 1.29 is 0 Å². The lowest BCUT2D eigenvalue weighted by Gasteiger charge is -2.32. The smallest absolute Gasteiger partial charge is 0.185 e. The van der Waals surface area contributed by atoms with Gasteiger partial charge in [-0.3, -0.25) is 0 Å². The second-order valence-electron chi connectivity index (χ2n) is 14.8. The first-order valence-corrected chi connectivity index (χ1v) is 22.2. The van der Waals surface area contributed by atoms with Crippen molar-refractivity contribution in [3.8, 4) is 39.6 Å². The van der Waals surface area contributed by atoms with Crippen LogP contribution in [0.5, 0.6) is 0 Å². The molecule has 11 aromatic rings. The minimum absolute atomic E-state index is 0.730. The standard InChI is InChI=1S/C52H33N3SSi/c1-4-16-34(17-5-1)49-51-50(41-24-12-15-27-46(41)57(51,37-18-6-2-7-19-37)38-20-8-3-9-21-38)54-52(53-49)35-28-30-36(31-29-35)55-42-25-13-10-22-39(42)47-43(55)32-33-45-48(47)40-23-11-14-26-44(40)56-45/h1-33H. The van der Waals surface area contributed by atoms with E-state index in [4.69, 9.17) is 9.97 Å². The van der Waals surface area contributed by atoms with Crippen molar-refractivity contribution in [2.24, 2.45) is 0 Å². The number of aromatic nitrogens is 3. The highest BCUT2D eigenvalue weighted by molar-refractivity contribution is 7.26. The molecular weight excluding hydrogens is 727 g/mol. The van der Waals surface area contributed by atoms with Gasteiger partial charge in [0.15, 0.2) is 13.9 Å². The van der Waals surface area contributed by atoms with Gasteiger partial charge in [-0.05, 0) is 64.1 Å². The van der Waals surface area contributed by atoms with Gasteiger partial charge in [0.05, 0.1) is 22.4 Å². The van der Waals surface area contributed by atoms with Crippen LogP contribution in [0, 0.1) is 0 Å². The van der Waals surface area contributed by atoms with Gasteiger partial charge in [0.25, 0.3) is 0 Å². The van der Waals surface area contributed by atoms with Crippen molar-refractivity contribution in [2.75, 3.05) is 0 Å². The first-order valence-electron chi connectivity index (χ1n) is 19.4. The highest BCUT2D eigenvalue weighted by Crippen LogP contribution is 2.43. The van der Waals surface area contributed by atoms with Crippen molar-refractivity contribution in [1.29, 1.82) is 0 Å². The van der Waals surface area contributed by atoms with E-state index in [-0.39, 0.29) is 0 Å². The number of rotatable bonds is 5. The summed E-state index contributed by atoms with van der Waals surface area (Å²) < 4.78 is 5.05. The van der Waals surface area contributed by atoms with Gasteiger partial charge in [0.2, 0.25) is 0 Å². The Bertz CT molecular complexity index is 3300. The van der Waals surface area contributed by atoms with Gasteiger partial charge in [0.1, 0.15) is 0 Å². The maximum atomic E-state index is 5.58. The molecule has 0 unspecified atom stereocenters. The molecule has 1 aliphatic heterocycles. The van der Waals surface area contributed by atoms with Gasteiger partial charge >= 0.3 is 0 Å². The number of hydrogen-bond acceptors (Lipinski definition) is 3. The SMILES string of the molecule is c1ccc(-c2nc(-c3ccc(-n4c5ccccc5c5c6c(ccc54)sc4ccccc46)cc3)nc3c2[Si](c2ccccc2)(c2ccccc2)c2ccccc2-3)cc1. The zero-order valence-electron chi connectivity index (χ0n) is 30.8. The fourth-order valence-electron chi connectivity index (χ4n) is 9.55. The first kappa shape index (κ1) is 32.3. The minimum Gasteiger partial charge on any atom is -0.309 e. The molecule has 0 radical (unpaired) electrons. The second kappa shape index (κ2) is 12.5. The predicted molar refractivity (Wildman–Crippen MR) is 243 cm³/mol. The van der Waals surface area contributed by atoms with Gasteiger partial charge in [-0.25, -0.2) is 9.97 Å². The quantitative estimate of drug-likeness (QED) is 0.164. The zero-order valence-corrected chi connectivity index (χ0v) is 32.6. The van der Waals surface area contributed by atoms with E-state index in [0.29, 0.717) is 0 Å². The maximum absolute atomic E-state index is 5.58. The van der Waals surface area contributed by atoms with Gasteiger partial charge in [-0.2, -0.15) is 0 Å². The predicted octanol–water partition coefficient (Wildman–Crippen LogP) is 10.6. The van der Waals surface area contributed by atoms with Crippen LogP contribution in [0.3, 0.4) is 0 Å². The van der Waals surface area contributed by atoms with E-state index in [1.54, 1.807) is 0 Å². The molecule has 0 aliphatic carbocycles. The molecule has 0 amide bonds. The van der Waals surface area contributed by atoms with E-state index >= 15 is 0 Å². The summed E-state index contributed by atoms with van der Waals surface area (Å²) in [5.41, 5.74) is 8.84. The Balaban J connectivity index is 1.09. The van der Waals surface area contributed by atoms with Crippen molar-refractivity contribution >= 4 is 82.1 Å². The third-order valence-electron chi connectivity index (χ3n) is 11.9. The molecule has 0 saturated heterocycles. The van der Waals surface area contributed by atoms with E-state index in [0.717, 1.165) is 34.0 Å². The summed E-state index contributed by atoms with van der Waals surface area (Å²) in [6.07, 6.45) is 0. The van der Waals surface area contributed by atoms with Crippen LogP contribution in [0.2, 0.25) is 0 Å². The molecule has 0 saturated carbocycles. The summed E-state index contributed by atoms with van der Waals surface area (Å²) in [5, 5.41) is 10.5. The summed E-state index contributed by atoms with van der Waals surface area (Å²) in [6.45, 7) is 0. The lowest BCUT2D eigenvalue weighted by atomic mass is 10.1. The number of benzene rings is 8. The summed E-state index contributed by atoms with van der Waals surface area (Å²) in [7, 11) is -2.83. The lowest BCUT2D eigenvalue weighted by molar-refractivity contribution is 1.17. The lowest BCUT2D eigenvalue weighted by Crippen LogP contribution is -2.73. The zero-order chi connectivity index (χ0) is 37.5. The Labute approximate surface area is 334 Å². The average molecular weight is 760 g/mol. The molecule has 5 heteroatoms. The molecule has 3 nitrogen and oxygen atoms in total. The Morgan fingerprint density at radius 2 is 1.04 bits per heavy atom. The topological polar surface area (TPSA) is 30.7 Å². The van der Waals surface area contributed by atoms with Gasteiger partial charge in [-0.15, -0.1) is 11.3 Å². The normalized spacial score (nSPS) is 13.1. The number of fused-ring (bicyclic) bond motifs is 10. The van der Waals surface area contributed by atoms with E-state index in [9.17, 15) is 0 Å². The second-order valence-corrected chi connectivity index (χ2v) is 19.6. The maximum Gasteiger partial charge on any atom is 0.185 e. The number of nitrogens with zero attached hydrogens (tertiary/aromatic N) is 3. The monoisotopic (exact) mass is 759 g/mol. The van der Waals surface area contributed by atoms with Gasteiger partial charge < -0.3 is 4.57 Å². The molecule has 8 aromatic carbocycles. The fourth-order valence-corrected chi connectivity index (χ4v) is 15.9. The molecule has 0 atom stereocenters. The molecule has 3 aromatic heterocycles. The Hall–Kier alpha value is -6.92. The van der Waals surface area contributed by atoms with Gasteiger partial charge in [0, 0.05) is 58.5 Å². The molecule has 0 bridgehead atoms. The number of para-hydroxylation sites is 1. The Morgan fingerprint density at radius 1 is 0.421 bits per heavy atom. The third kappa shape index (κ3) is 4.64. The Kier molecular flexibility index (Phi) is 7.12. The molecule has 0 spiro atoms. The molecular formula is C52H33N3SSi. The van der Waals surface area contributed by atoms with Crippen LogP contribution in [-0.4, -0.2) is 22.6 Å². The van der Waals surface area contributed by atoms with E-state index in [1.807, 2.05) is 11.3 Å². The summed E-state index contributed by atoms with van der Waals surface area (Å²) in [4.78, 5) is 11.1. The van der Waals surface area contributed by atoms with Crippen LogP contribution in [-0.2, 0) is 0 Å². The molecule has 12 rings (SSSR count). The van der Waals surface area contributed by atoms with Crippen molar-refractivity contribution in [2.45, 2.75) is 0 Å². The van der Waals surface area contributed by atoms with Crippen molar-refractivity contribution in [3.63, 3.8) is 0 Å². The van der Waals surface area contributed by atoms with Crippen LogP contribution in [0.15, 0.2) is 200 Å². The van der Waals surface area contributed by atoms with E-state index in [1.165, 1.54) is 68.3 Å². The van der Waals surface area contributed by atoms with E-state index < -0.39 is 8.07 Å². The van der Waals surface area contributed by atoms with Crippen LogP contribution in [0.1, 0.15) is 0 Å². The Morgan fingerprint density at radius 3 is 1.79 bits per heavy atom. The number of hydrogen-bond donors (Lipinski definition) is 0. The molecule has 4 heterocycles. The van der Waals surface area contributed by atoms with Crippen molar-refractivity contribution in [1.82, 2.24) is 14.5 Å². The first-order chi connectivity index (χ1) is 28.3. The van der Waals surface area contributed by atoms with Crippen LogP contribution >= 0.6 is 11.3 Å². The van der Waals surface area contributed by atoms with Crippen LogP contribution < -0.4 is 20.7 Å². The fraction of sp³-hybridized carbons (Fsp3) is 0. The van der Waals surface area contributed by atoms with Crippen LogP contribution in [0.4, 0.5) is 0 Å². The molecule has 0 fully saturated rings.